The van der Waals surface area contributed by atoms with Crippen molar-refractivity contribution in [3.8, 4) is 23.0 Å². The first kappa shape index (κ1) is 21.2. The van der Waals surface area contributed by atoms with E-state index in [4.69, 9.17) is 25.7 Å². The number of halogens is 1. The lowest BCUT2D eigenvalue weighted by atomic mass is 10.1. The van der Waals surface area contributed by atoms with Crippen LogP contribution in [0.5, 0.6) is 5.75 Å². The molecule has 2 aromatic carbocycles. The SMILES string of the molecule is Cc1cc(C)c(OCCCc2oc(-n3ccnc3C)nc2-c2ccc(Cl)cc2)c(C)c1. The van der Waals surface area contributed by atoms with Gasteiger partial charge in [-0.15, -0.1) is 0 Å². The molecule has 0 N–H and O–H groups in total. The second kappa shape index (κ2) is 8.98. The molecule has 0 saturated heterocycles. The average molecular weight is 436 g/mol. The van der Waals surface area contributed by atoms with E-state index < -0.39 is 0 Å². The Labute approximate surface area is 187 Å². The Balaban J connectivity index is 1.53. The summed E-state index contributed by atoms with van der Waals surface area (Å²) >= 11 is 6.07. The highest BCUT2D eigenvalue weighted by Crippen LogP contribution is 2.29. The van der Waals surface area contributed by atoms with Crippen molar-refractivity contribution in [1.29, 1.82) is 0 Å². The van der Waals surface area contributed by atoms with Gasteiger partial charge in [-0.1, -0.05) is 41.4 Å². The Bertz CT molecular complexity index is 1170. The smallest absolute Gasteiger partial charge is 0.307 e. The summed E-state index contributed by atoms with van der Waals surface area (Å²) in [6, 6.07) is 12.5. The molecule has 0 aliphatic heterocycles. The van der Waals surface area contributed by atoms with E-state index in [1.54, 1.807) is 6.20 Å². The molecule has 0 bridgehead atoms. The number of hydrogen-bond donors (Lipinski definition) is 0. The third-order valence-electron chi connectivity index (χ3n) is 5.23. The normalized spacial score (nSPS) is 11.1. The minimum atomic E-state index is 0.515. The molecular formula is C25H26ClN3O2. The molecular weight excluding hydrogens is 410 g/mol. The van der Waals surface area contributed by atoms with Crippen LogP contribution in [-0.4, -0.2) is 21.1 Å². The van der Waals surface area contributed by atoms with E-state index in [2.05, 4.69) is 37.9 Å². The van der Waals surface area contributed by atoms with Gasteiger partial charge in [0.25, 0.3) is 0 Å². The second-order valence-electron chi connectivity index (χ2n) is 7.80. The summed E-state index contributed by atoms with van der Waals surface area (Å²) in [5.74, 6) is 2.62. The standard InChI is InChI=1S/C25H26ClN3O2/c1-16-14-17(2)24(18(3)15-16)30-13-5-6-22-23(20-7-9-21(26)10-8-20)28-25(31-22)29-12-11-27-19(29)4/h7-12,14-15H,5-6,13H2,1-4H3. The maximum atomic E-state index is 6.16. The molecule has 0 radical (unpaired) electrons. The number of nitrogens with zero attached hydrogens (tertiary/aromatic N) is 3. The minimum absolute atomic E-state index is 0.515. The lowest BCUT2D eigenvalue weighted by molar-refractivity contribution is 0.302. The Morgan fingerprint density at radius 2 is 1.74 bits per heavy atom. The zero-order valence-corrected chi connectivity index (χ0v) is 19.0. The predicted molar refractivity (Wildman–Crippen MR) is 123 cm³/mol. The molecule has 0 amide bonds. The van der Waals surface area contributed by atoms with Crippen LogP contribution in [0.1, 0.15) is 34.7 Å². The summed E-state index contributed by atoms with van der Waals surface area (Å²) in [4.78, 5) is 9.03. The number of ether oxygens (including phenoxy) is 1. The monoisotopic (exact) mass is 435 g/mol. The summed E-state index contributed by atoms with van der Waals surface area (Å²) in [5, 5.41) is 0.691. The van der Waals surface area contributed by atoms with Crippen LogP contribution in [0, 0.1) is 27.7 Å². The molecule has 5 nitrogen and oxygen atoms in total. The van der Waals surface area contributed by atoms with Crippen LogP contribution in [-0.2, 0) is 6.42 Å². The second-order valence-corrected chi connectivity index (χ2v) is 8.24. The van der Waals surface area contributed by atoms with Gasteiger partial charge in [0.05, 0.1) is 6.61 Å². The van der Waals surface area contributed by atoms with Crippen molar-refractivity contribution in [2.24, 2.45) is 0 Å². The van der Waals surface area contributed by atoms with Gasteiger partial charge in [0.15, 0.2) is 0 Å². The fourth-order valence-electron chi connectivity index (χ4n) is 3.83. The molecule has 0 aliphatic rings. The van der Waals surface area contributed by atoms with Crippen molar-refractivity contribution >= 4 is 11.6 Å². The third-order valence-corrected chi connectivity index (χ3v) is 5.49. The Morgan fingerprint density at radius 1 is 1.03 bits per heavy atom. The lowest BCUT2D eigenvalue weighted by Gasteiger charge is -2.13. The van der Waals surface area contributed by atoms with Gasteiger partial charge in [-0.05, 0) is 57.4 Å². The van der Waals surface area contributed by atoms with Crippen LogP contribution in [0.4, 0.5) is 0 Å². The zero-order valence-electron chi connectivity index (χ0n) is 18.3. The molecule has 160 valence electrons. The fraction of sp³-hybridized carbons (Fsp3) is 0.280. The Morgan fingerprint density at radius 3 is 2.39 bits per heavy atom. The quantitative estimate of drug-likeness (QED) is 0.314. The van der Waals surface area contributed by atoms with Gasteiger partial charge in [0.2, 0.25) is 0 Å². The largest absolute Gasteiger partial charge is 0.493 e. The number of benzene rings is 2. The van der Waals surface area contributed by atoms with Crippen LogP contribution in [0.25, 0.3) is 17.3 Å². The fourth-order valence-corrected chi connectivity index (χ4v) is 3.95. The van der Waals surface area contributed by atoms with Gasteiger partial charge < -0.3 is 9.15 Å². The third kappa shape index (κ3) is 4.67. The molecule has 2 aromatic heterocycles. The summed E-state index contributed by atoms with van der Waals surface area (Å²) < 4.78 is 14.1. The van der Waals surface area contributed by atoms with Gasteiger partial charge in [-0.3, -0.25) is 4.57 Å². The van der Waals surface area contributed by atoms with Crippen LogP contribution < -0.4 is 4.74 Å². The van der Waals surface area contributed by atoms with Crippen molar-refractivity contribution in [2.75, 3.05) is 6.61 Å². The van der Waals surface area contributed by atoms with Crippen LogP contribution >= 0.6 is 11.6 Å². The van der Waals surface area contributed by atoms with E-state index in [0.717, 1.165) is 46.1 Å². The first-order chi connectivity index (χ1) is 14.9. The maximum absolute atomic E-state index is 6.16. The first-order valence-electron chi connectivity index (χ1n) is 10.4. The molecule has 0 saturated carbocycles. The number of aromatic nitrogens is 3. The summed E-state index contributed by atoms with van der Waals surface area (Å²) in [7, 11) is 0. The van der Waals surface area contributed by atoms with E-state index >= 15 is 0 Å². The molecule has 0 fully saturated rings. The minimum Gasteiger partial charge on any atom is -0.493 e. The van der Waals surface area contributed by atoms with E-state index in [1.165, 1.54) is 5.56 Å². The number of rotatable bonds is 7. The highest BCUT2D eigenvalue weighted by molar-refractivity contribution is 6.30. The molecule has 31 heavy (non-hydrogen) atoms. The highest BCUT2D eigenvalue weighted by Gasteiger charge is 2.17. The summed E-state index contributed by atoms with van der Waals surface area (Å²) in [5.41, 5.74) is 5.37. The molecule has 0 unspecified atom stereocenters. The highest BCUT2D eigenvalue weighted by atomic mass is 35.5. The zero-order chi connectivity index (χ0) is 22.0. The van der Waals surface area contributed by atoms with Gasteiger partial charge in [-0.25, -0.2) is 4.98 Å². The summed E-state index contributed by atoms with van der Waals surface area (Å²) in [6.07, 6.45) is 5.11. The van der Waals surface area contributed by atoms with Crippen molar-refractivity contribution in [2.45, 2.75) is 40.5 Å². The van der Waals surface area contributed by atoms with Crippen LogP contribution in [0.3, 0.4) is 0 Å². The Hall–Kier alpha value is -3.05. The van der Waals surface area contributed by atoms with Gasteiger partial charge in [0.1, 0.15) is 23.0 Å². The van der Waals surface area contributed by atoms with Crippen molar-refractivity contribution in [3.63, 3.8) is 0 Å². The van der Waals surface area contributed by atoms with E-state index in [1.807, 2.05) is 42.0 Å². The predicted octanol–water partition coefficient (Wildman–Crippen LogP) is 6.43. The van der Waals surface area contributed by atoms with Crippen LogP contribution in [0.15, 0.2) is 53.2 Å². The molecule has 0 atom stereocenters. The van der Waals surface area contributed by atoms with E-state index in [-0.39, 0.29) is 0 Å². The van der Waals surface area contributed by atoms with Gasteiger partial charge in [-0.2, -0.15) is 4.98 Å². The molecule has 4 aromatic rings. The molecule has 0 aliphatic carbocycles. The average Bonchev–Trinajstić information content (AvgIpc) is 3.33. The van der Waals surface area contributed by atoms with Crippen LogP contribution in [0.2, 0.25) is 5.02 Å². The molecule has 2 heterocycles. The number of aryl methyl sites for hydroxylation is 5. The van der Waals surface area contributed by atoms with Crippen molar-refractivity contribution in [3.05, 3.63) is 82.1 Å². The molecule has 0 spiro atoms. The first-order valence-corrected chi connectivity index (χ1v) is 10.8. The molecule has 6 heteroatoms. The summed E-state index contributed by atoms with van der Waals surface area (Å²) in [6.45, 7) is 8.80. The van der Waals surface area contributed by atoms with Crippen molar-refractivity contribution in [1.82, 2.24) is 14.5 Å². The number of imidazole rings is 1. The molecule has 4 rings (SSSR count). The Kier molecular flexibility index (Phi) is 6.14. The van der Waals surface area contributed by atoms with Crippen molar-refractivity contribution < 1.29 is 9.15 Å². The van der Waals surface area contributed by atoms with Gasteiger partial charge in [0, 0.05) is 29.4 Å². The number of oxazole rings is 1. The van der Waals surface area contributed by atoms with E-state index in [0.29, 0.717) is 24.1 Å². The maximum Gasteiger partial charge on any atom is 0.307 e. The van der Waals surface area contributed by atoms with E-state index in [9.17, 15) is 0 Å². The topological polar surface area (TPSA) is 53.1 Å². The van der Waals surface area contributed by atoms with Gasteiger partial charge >= 0.3 is 6.01 Å². The lowest BCUT2D eigenvalue weighted by Crippen LogP contribution is -2.03. The number of hydrogen-bond acceptors (Lipinski definition) is 4.